The molecule has 3 rings (SSSR count). The van der Waals surface area contributed by atoms with Crippen LogP contribution in [0.1, 0.15) is 45.4 Å². The maximum absolute atomic E-state index is 12.4. The average molecular weight is 222 g/mol. The molecule has 2 saturated carbocycles. The summed E-state index contributed by atoms with van der Waals surface area (Å²) in [5.41, 5.74) is 6.23. The lowest BCUT2D eigenvalue weighted by molar-refractivity contribution is -0.137. The first-order valence-corrected chi connectivity index (χ1v) is 6.63. The molecule has 2 N–H and O–H groups in total. The van der Waals surface area contributed by atoms with Crippen LogP contribution in [-0.4, -0.2) is 29.9 Å². The van der Waals surface area contributed by atoms with Gasteiger partial charge in [0.15, 0.2) is 0 Å². The quantitative estimate of drug-likeness (QED) is 0.770. The fraction of sp³-hybridized carbons (Fsp3) is 0.923. The number of amides is 1. The molecule has 2 atom stereocenters. The van der Waals surface area contributed by atoms with E-state index in [2.05, 4.69) is 11.8 Å². The molecule has 0 aromatic carbocycles. The van der Waals surface area contributed by atoms with Crippen molar-refractivity contribution < 1.29 is 4.79 Å². The molecule has 1 amide bonds. The summed E-state index contributed by atoms with van der Waals surface area (Å²) in [4.78, 5) is 14.6. The molecule has 3 aliphatic rings. The minimum absolute atomic E-state index is 0.00668. The van der Waals surface area contributed by atoms with Crippen LogP contribution in [0.15, 0.2) is 0 Å². The van der Waals surface area contributed by atoms with Crippen molar-refractivity contribution in [3.63, 3.8) is 0 Å². The molecule has 0 radical (unpaired) electrons. The van der Waals surface area contributed by atoms with Crippen molar-refractivity contribution in [3.05, 3.63) is 0 Å². The first-order valence-electron chi connectivity index (χ1n) is 6.63. The zero-order valence-corrected chi connectivity index (χ0v) is 10.2. The molecular weight excluding hydrogens is 200 g/mol. The Morgan fingerprint density at radius 2 is 2.12 bits per heavy atom. The fourth-order valence-electron chi connectivity index (χ4n) is 3.73. The Labute approximate surface area is 97.4 Å². The lowest BCUT2D eigenvalue weighted by atomic mass is 9.82. The minimum Gasteiger partial charge on any atom is -0.339 e. The van der Waals surface area contributed by atoms with Gasteiger partial charge < -0.3 is 10.6 Å². The van der Waals surface area contributed by atoms with E-state index in [1.807, 2.05) is 0 Å². The third-order valence-electron chi connectivity index (χ3n) is 5.27. The van der Waals surface area contributed by atoms with Crippen molar-refractivity contribution in [2.45, 2.75) is 51.5 Å². The van der Waals surface area contributed by atoms with E-state index in [1.54, 1.807) is 0 Å². The van der Waals surface area contributed by atoms with E-state index in [-0.39, 0.29) is 10.8 Å². The van der Waals surface area contributed by atoms with E-state index in [4.69, 9.17) is 5.73 Å². The van der Waals surface area contributed by atoms with E-state index in [9.17, 15) is 4.79 Å². The molecule has 0 aromatic heterocycles. The lowest BCUT2D eigenvalue weighted by Gasteiger charge is -2.32. The Bertz CT molecular complexity index is 324. The molecule has 3 fully saturated rings. The Balaban J connectivity index is 1.81. The summed E-state index contributed by atoms with van der Waals surface area (Å²) in [5, 5.41) is 0. The Morgan fingerprint density at radius 1 is 1.38 bits per heavy atom. The van der Waals surface area contributed by atoms with Crippen molar-refractivity contribution in [1.82, 2.24) is 4.90 Å². The Hall–Kier alpha value is -0.570. The molecule has 0 aromatic rings. The third-order valence-corrected chi connectivity index (χ3v) is 5.27. The van der Waals surface area contributed by atoms with Crippen LogP contribution in [0.5, 0.6) is 0 Å². The van der Waals surface area contributed by atoms with E-state index in [0.717, 1.165) is 32.4 Å². The van der Waals surface area contributed by atoms with Gasteiger partial charge in [0.25, 0.3) is 0 Å². The molecule has 3 nitrogen and oxygen atoms in total. The number of rotatable bonds is 2. The number of nitrogens with zero attached hydrogens (tertiary/aromatic N) is 1. The van der Waals surface area contributed by atoms with E-state index in [0.29, 0.717) is 11.9 Å². The van der Waals surface area contributed by atoms with Gasteiger partial charge in [-0.1, -0.05) is 13.3 Å². The van der Waals surface area contributed by atoms with Crippen LogP contribution in [-0.2, 0) is 4.79 Å². The molecule has 1 saturated heterocycles. The number of fused-ring (bicyclic) bond motifs is 1. The second-order valence-electron chi connectivity index (χ2n) is 6.28. The van der Waals surface area contributed by atoms with Crippen molar-refractivity contribution in [1.29, 1.82) is 0 Å². The zero-order valence-electron chi connectivity index (χ0n) is 10.2. The van der Waals surface area contributed by atoms with Gasteiger partial charge in [-0.05, 0) is 38.6 Å². The molecular formula is C13H22N2O. The molecule has 1 heterocycles. The standard InChI is InChI=1S/C13H22N2O/c1-12(5-6-12)11(16)15-8-7-13(9-14)4-2-3-10(13)15/h10H,2-9,14H2,1H3/t10-,13-/m1/s1. The third kappa shape index (κ3) is 1.27. The van der Waals surface area contributed by atoms with E-state index >= 15 is 0 Å². The zero-order chi connectivity index (χ0) is 11.4. The second kappa shape index (κ2) is 3.22. The molecule has 0 bridgehead atoms. The fourth-order valence-corrected chi connectivity index (χ4v) is 3.73. The lowest BCUT2D eigenvalue weighted by Crippen LogP contribution is -2.45. The van der Waals surface area contributed by atoms with Gasteiger partial charge in [-0.15, -0.1) is 0 Å². The van der Waals surface area contributed by atoms with Crippen molar-refractivity contribution in [2.75, 3.05) is 13.1 Å². The summed E-state index contributed by atoms with van der Waals surface area (Å²) in [6.45, 7) is 3.83. The molecule has 2 aliphatic carbocycles. The highest BCUT2D eigenvalue weighted by molar-refractivity contribution is 5.85. The average Bonchev–Trinajstić information content (AvgIpc) is 2.78. The van der Waals surface area contributed by atoms with Crippen LogP contribution in [0.3, 0.4) is 0 Å². The first-order chi connectivity index (χ1) is 7.61. The summed E-state index contributed by atoms with van der Waals surface area (Å²) in [6.07, 6.45) is 6.97. The first kappa shape index (κ1) is 10.6. The maximum Gasteiger partial charge on any atom is 0.228 e. The number of carbonyl (C=O) groups excluding carboxylic acids is 1. The van der Waals surface area contributed by atoms with Crippen molar-refractivity contribution in [2.24, 2.45) is 16.6 Å². The minimum atomic E-state index is -0.00668. The Kier molecular flexibility index (Phi) is 2.13. The molecule has 1 aliphatic heterocycles. The number of likely N-dealkylation sites (tertiary alicyclic amines) is 1. The number of hydrogen-bond acceptors (Lipinski definition) is 2. The van der Waals surface area contributed by atoms with Gasteiger partial charge in [-0.25, -0.2) is 0 Å². The summed E-state index contributed by atoms with van der Waals surface area (Å²) in [7, 11) is 0. The van der Waals surface area contributed by atoms with Gasteiger partial charge in [-0.2, -0.15) is 0 Å². The molecule has 90 valence electrons. The van der Waals surface area contributed by atoms with Gasteiger partial charge in [0.2, 0.25) is 5.91 Å². The highest BCUT2D eigenvalue weighted by Crippen LogP contribution is 2.53. The maximum atomic E-state index is 12.4. The smallest absolute Gasteiger partial charge is 0.228 e. The topological polar surface area (TPSA) is 46.3 Å². The highest BCUT2D eigenvalue weighted by Gasteiger charge is 2.55. The van der Waals surface area contributed by atoms with Gasteiger partial charge in [0.05, 0.1) is 0 Å². The predicted octanol–water partition coefficient (Wildman–Crippen LogP) is 1.52. The van der Waals surface area contributed by atoms with E-state index in [1.165, 1.54) is 19.3 Å². The van der Waals surface area contributed by atoms with Crippen LogP contribution in [0.2, 0.25) is 0 Å². The van der Waals surface area contributed by atoms with E-state index < -0.39 is 0 Å². The van der Waals surface area contributed by atoms with Crippen molar-refractivity contribution >= 4 is 5.91 Å². The molecule has 3 heteroatoms. The van der Waals surface area contributed by atoms with Crippen LogP contribution in [0, 0.1) is 10.8 Å². The van der Waals surface area contributed by atoms with Crippen molar-refractivity contribution in [3.8, 4) is 0 Å². The monoisotopic (exact) mass is 222 g/mol. The summed E-state index contributed by atoms with van der Waals surface area (Å²) in [5.74, 6) is 0.412. The summed E-state index contributed by atoms with van der Waals surface area (Å²) < 4.78 is 0. The molecule has 16 heavy (non-hydrogen) atoms. The Morgan fingerprint density at radius 3 is 2.75 bits per heavy atom. The SMILES string of the molecule is CC1(C(=O)N2CC[C@@]3(CN)CCC[C@@H]23)CC1. The second-order valence-corrected chi connectivity index (χ2v) is 6.28. The molecule has 0 spiro atoms. The van der Waals surface area contributed by atoms with Crippen LogP contribution < -0.4 is 5.73 Å². The summed E-state index contributed by atoms with van der Waals surface area (Å²) >= 11 is 0. The number of carbonyl (C=O) groups is 1. The number of nitrogens with two attached hydrogens (primary N) is 1. The predicted molar refractivity (Wildman–Crippen MR) is 62.8 cm³/mol. The largest absolute Gasteiger partial charge is 0.339 e. The van der Waals surface area contributed by atoms with Gasteiger partial charge >= 0.3 is 0 Å². The highest BCUT2D eigenvalue weighted by atomic mass is 16.2. The van der Waals surface area contributed by atoms with Gasteiger partial charge in [0, 0.05) is 23.4 Å². The molecule has 0 unspecified atom stereocenters. The van der Waals surface area contributed by atoms with Gasteiger partial charge in [-0.3, -0.25) is 4.79 Å². The summed E-state index contributed by atoms with van der Waals surface area (Å²) in [6, 6.07) is 0.461. The normalized spacial score (nSPS) is 39.9. The van der Waals surface area contributed by atoms with Gasteiger partial charge in [0.1, 0.15) is 0 Å². The van der Waals surface area contributed by atoms with Crippen LogP contribution in [0.25, 0.3) is 0 Å². The van der Waals surface area contributed by atoms with Crippen LogP contribution in [0.4, 0.5) is 0 Å². The van der Waals surface area contributed by atoms with Crippen LogP contribution >= 0.6 is 0 Å². The number of hydrogen-bond donors (Lipinski definition) is 1.